The number of carbonyl (C=O) groups excluding carboxylic acids is 1. The fourth-order valence-electron chi connectivity index (χ4n) is 2.46. The molecule has 0 saturated carbocycles. The van der Waals surface area contributed by atoms with Crippen LogP contribution in [0.1, 0.15) is 20.8 Å². The number of rotatable bonds is 7. The molecule has 24 heavy (non-hydrogen) atoms. The largest absolute Gasteiger partial charge is 0.484 e. The summed E-state index contributed by atoms with van der Waals surface area (Å²) in [6, 6.07) is 13.7. The first-order valence-electron chi connectivity index (χ1n) is 8.04. The minimum Gasteiger partial charge on any atom is -0.484 e. The fraction of sp³-hybridized carbons (Fsp3) is 0.316. The van der Waals surface area contributed by atoms with Crippen molar-refractivity contribution in [1.29, 1.82) is 0 Å². The van der Waals surface area contributed by atoms with Crippen molar-refractivity contribution in [2.75, 3.05) is 23.4 Å². The van der Waals surface area contributed by atoms with E-state index in [9.17, 15) is 9.18 Å². The Bertz CT molecular complexity index is 654. The summed E-state index contributed by atoms with van der Waals surface area (Å²) in [5, 5.41) is 2.78. The molecule has 0 atom stereocenters. The molecule has 0 aromatic heterocycles. The molecular formula is C19H23FN2O2. The zero-order valence-electron chi connectivity index (χ0n) is 14.3. The monoisotopic (exact) mass is 330 g/mol. The van der Waals surface area contributed by atoms with Gasteiger partial charge in [0.15, 0.2) is 6.61 Å². The van der Waals surface area contributed by atoms with E-state index in [1.165, 1.54) is 24.3 Å². The van der Waals surface area contributed by atoms with Crippen LogP contribution in [0.15, 0.2) is 48.5 Å². The number of nitrogens with zero attached hydrogens (tertiary/aromatic N) is 1. The quantitative estimate of drug-likeness (QED) is 0.832. The number of ether oxygens (including phenoxy) is 1. The van der Waals surface area contributed by atoms with Gasteiger partial charge in [-0.05, 0) is 69.3 Å². The van der Waals surface area contributed by atoms with Crippen LogP contribution in [0.2, 0.25) is 0 Å². The molecule has 1 amide bonds. The molecule has 2 aromatic rings. The molecule has 2 rings (SSSR count). The van der Waals surface area contributed by atoms with Gasteiger partial charge in [0.25, 0.3) is 5.91 Å². The smallest absolute Gasteiger partial charge is 0.262 e. The second kappa shape index (κ2) is 8.34. The summed E-state index contributed by atoms with van der Waals surface area (Å²) >= 11 is 0. The maximum atomic E-state index is 12.8. The SMILES string of the molecule is CCN(c1ccc(NC(=O)COc2ccc(F)cc2)cc1)C(C)C. The Morgan fingerprint density at radius 2 is 1.75 bits per heavy atom. The van der Waals surface area contributed by atoms with Crippen LogP contribution in [0.4, 0.5) is 15.8 Å². The van der Waals surface area contributed by atoms with Crippen LogP contribution in [0, 0.1) is 5.82 Å². The Morgan fingerprint density at radius 1 is 1.12 bits per heavy atom. The Balaban J connectivity index is 1.88. The van der Waals surface area contributed by atoms with Gasteiger partial charge >= 0.3 is 0 Å². The molecule has 0 aliphatic rings. The van der Waals surface area contributed by atoms with Crippen molar-refractivity contribution in [3.8, 4) is 5.75 Å². The van der Waals surface area contributed by atoms with Gasteiger partial charge < -0.3 is 15.0 Å². The third-order valence-electron chi connectivity index (χ3n) is 3.63. The molecule has 0 aliphatic heterocycles. The van der Waals surface area contributed by atoms with Gasteiger partial charge in [-0.3, -0.25) is 4.79 Å². The first-order valence-corrected chi connectivity index (χ1v) is 8.04. The summed E-state index contributed by atoms with van der Waals surface area (Å²) in [5.74, 6) is -0.143. The average Bonchev–Trinajstić information content (AvgIpc) is 2.56. The van der Waals surface area contributed by atoms with Crippen molar-refractivity contribution >= 4 is 17.3 Å². The van der Waals surface area contributed by atoms with Gasteiger partial charge in [0.1, 0.15) is 11.6 Å². The van der Waals surface area contributed by atoms with E-state index in [1.54, 1.807) is 0 Å². The Hall–Kier alpha value is -2.56. The lowest BCUT2D eigenvalue weighted by molar-refractivity contribution is -0.118. The van der Waals surface area contributed by atoms with Crippen LogP contribution in [-0.4, -0.2) is 25.1 Å². The summed E-state index contributed by atoms with van der Waals surface area (Å²) < 4.78 is 18.1. The summed E-state index contributed by atoms with van der Waals surface area (Å²) in [5.41, 5.74) is 1.83. The Morgan fingerprint density at radius 3 is 2.29 bits per heavy atom. The molecule has 0 unspecified atom stereocenters. The lowest BCUT2D eigenvalue weighted by Gasteiger charge is -2.27. The van der Waals surface area contributed by atoms with Crippen molar-refractivity contribution in [2.24, 2.45) is 0 Å². The number of amides is 1. The van der Waals surface area contributed by atoms with Crippen molar-refractivity contribution in [3.63, 3.8) is 0 Å². The van der Waals surface area contributed by atoms with Gasteiger partial charge in [0, 0.05) is 24.0 Å². The molecule has 0 radical (unpaired) electrons. The van der Waals surface area contributed by atoms with E-state index in [2.05, 4.69) is 31.0 Å². The van der Waals surface area contributed by atoms with Gasteiger partial charge in [0.2, 0.25) is 0 Å². The van der Waals surface area contributed by atoms with Gasteiger partial charge in [-0.2, -0.15) is 0 Å². The predicted octanol–water partition coefficient (Wildman–Crippen LogP) is 4.08. The van der Waals surface area contributed by atoms with Crippen molar-refractivity contribution in [1.82, 2.24) is 0 Å². The minimum absolute atomic E-state index is 0.125. The Labute approximate surface area is 142 Å². The molecule has 0 bridgehead atoms. The number of nitrogens with one attached hydrogen (secondary N) is 1. The van der Waals surface area contributed by atoms with Gasteiger partial charge in [-0.15, -0.1) is 0 Å². The second-order valence-corrected chi connectivity index (χ2v) is 5.72. The van der Waals surface area contributed by atoms with Crippen LogP contribution in [0.3, 0.4) is 0 Å². The maximum absolute atomic E-state index is 12.8. The van der Waals surface area contributed by atoms with Crippen molar-refractivity contribution in [3.05, 3.63) is 54.3 Å². The molecule has 128 valence electrons. The van der Waals surface area contributed by atoms with E-state index >= 15 is 0 Å². The lowest BCUT2D eigenvalue weighted by atomic mass is 10.2. The number of hydrogen-bond acceptors (Lipinski definition) is 3. The highest BCUT2D eigenvalue weighted by Crippen LogP contribution is 2.20. The summed E-state index contributed by atoms with van der Waals surface area (Å²) in [6.07, 6.45) is 0. The Kier molecular flexibility index (Phi) is 6.18. The highest BCUT2D eigenvalue weighted by molar-refractivity contribution is 5.92. The molecule has 5 heteroatoms. The van der Waals surface area contributed by atoms with E-state index < -0.39 is 0 Å². The number of halogens is 1. The molecule has 0 heterocycles. The highest BCUT2D eigenvalue weighted by atomic mass is 19.1. The fourth-order valence-corrected chi connectivity index (χ4v) is 2.46. The standard InChI is InChI=1S/C19H23FN2O2/c1-4-22(14(2)3)17-9-7-16(8-10-17)21-19(23)13-24-18-11-5-15(20)6-12-18/h5-12,14H,4,13H2,1-3H3,(H,21,23). The number of anilines is 2. The van der Waals surface area contributed by atoms with Crippen LogP contribution < -0.4 is 15.0 Å². The summed E-state index contributed by atoms with van der Waals surface area (Å²) in [6.45, 7) is 7.20. The third kappa shape index (κ3) is 4.98. The topological polar surface area (TPSA) is 41.6 Å². The van der Waals surface area contributed by atoms with Gasteiger partial charge in [-0.1, -0.05) is 0 Å². The van der Waals surface area contributed by atoms with E-state index in [4.69, 9.17) is 4.74 Å². The summed E-state index contributed by atoms with van der Waals surface area (Å²) in [4.78, 5) is 14.2. The highest BCUT2D eigenvalue weighted by Gasteiger charge is 2.09. The molecule has 0 fully saturated rings. The third-order valence-corrected chi connectivity index (χ3v) is 3.63. The normalized spacial score (nSPS) is 10.5. The first-order chi connectivity index (χ1) is 11.5. The van der Waals surface area contributed by atoms with E-state index in [0.717, 1.165) is 12.2 Å². The van der Waals surface area contributed by atoms with Crippen LogP contribution in [0.5, 0.6) is 5.75 Å². The molecule has 0 saturated heterocycles. The molecule has 1 N–H and O–H groups in total. The molecule has 0 aliphatic carbocycles. The number of benzene rings is 2. The average molecular weight is 330 g/mol. The van der Waals surface area contributed by atoms with E-state index in [1.807, 2.05) is 24.3 Å². The first kappa shape index (κ1) is 17.8. The molecule has 0 spiro atoms. The van der Waals surface area contributed by atoms with E-state index in [0.29, 0.717) is 17.5 Å². The van der Waals surface area contributed by atoms with Crippen molar-refractivity contribution < 1.29 is 13.9 Å². The lowest BCUT2D eigenvalue weighted by Crippen LogP contribution is -2.30. The number of carbonyl (C=O) groups is 1. The van der Waals surface area contributed by atoms with Gasteiger partial charge in [-0.25, -0.2) is 4.39 Å². The predicted molar refractivity (Wildman–Crippen MR) is 95.1 cm³/mol. The van der Waals surface area contributed by atoms with E-state index in [-0.39, 0.29) is 18.3 Å². The molecule has 4 nitrogen and oxygen atoms in total. The van der Waals surface area contributed by atoms with Crippen LogP contribution in [-0.2, 0) is 4.79 Å². The van der Waals surface area contributed by atoms with Crippen LogP contribution in [0.25, 0.3) is 0 Å². The van der Waals surface area contributed by atoms with Crippen molar-refractivity contribution in [2.45, 2.75) is 26.8 Å². The zero-order valence-corrected chi connectivity index (χ0v) is 14.3. The second-order valence-electron chi connectivity index (χ2n) is 5.72. The number of hydrogen-bond donors (Lipinski definition) is 1. The zero-order chi connectivity index (χ0) is 17.5. The van der Waals surface area contributed by atoms with Gasteiger partial charge in [0.05, 0.1) is 0 Å². The molecule has 2 aromatic carbocycles. The van der Waals surface area contributed by atoms with Crippen LogP contribution >= 0.6 is 0 Å². The summed E-state index contributed by atoms with van der Waals surface area (Å²) in [7, 11) is 0. The molecular weight excluding hydrogens is 307 g/mol. The maximum Gasteiger partial charge on any atom is 0.262 e. The minimum atomic E-state index is -0.339.